The summed E-state index contributed by atoms with van der Waals surface area (Å²) in [6.07, 6.45) is 1.76. The van der Waals surface area contributed by atoms with E-state index in [4.69, 9.17) is 11.6 Å². The van der Waals surface area contributed by atoms with Gasteiger partial charge in [-0.05, 0) is 42.0 Å². The average molecular weight is 359 g/mol. The van der Waals surface area contributed by atoms with Crippen LogP contribution in [-0.2, 0) is 5.41 Å². The highest BCUT2D eigenvalue weighted by molar-refractivity contribution is 14.1. The number of aromatic nitrogens is 2. The van der Waals surface area contributed by atoms with Gasteiger partial charge in [0.05, 0.1) is 3.57 Å². The Bertz CT molecular complexity index is 526. The molecule has 4 heteroatoms. The minimum atomic E-state index is -0.241. The largest absolute Gasteiger partial charge is 0.239 e. The first-order valence-corrected chi connectivity index (χ1v) is 6.71. The highest BCUT2D eigenvalue weighted by Crippen LogP contribution is 2.29. The van der Waals surface area contributed by atoms with Gasteiger partial charge in [-0.15, -0.1) is 0 Å². The predicted octanol–water partition coefficient (Wildman–Crippen LogP) is 4.06. The molecule has 2 nitrogen and oxygen atoms in total. The Morgan fingerprint density at radius 2 is 1.82 bits per heavy atom. The Morgan fingerprint density at radius 1 is 1.18 bits per heavy atom. The molecule has 1 heterocycles. The maximum Gasteiger partial charge on any atom is 0.146 e. The molecule has 0 unspecified atom stereocenters. The second-order valence-electron chi connectivity index (χ2n) is 4.32. The monoisotopic (exact) mass is 358 g/mol. The average Bonchev–Trinajstić information content (AvgIpc) is 2.33. The fraction of sp³-hybridized carbons (Fsp3) is 0.231. The predicted molar refractivity (Wildman–Crippen MR) is 78.3 cm³/mol. The summed E-state index contributed by atoms with van der Waals surface area (Å²) in [7, 11) is 0. The van der Waals surface area contributed by atoms with Gasteiger partial charge in [0.1, 0.15) is 11.0 Å². The van der Waals surface area contributed by atoms with E-state index >= 15 is 0 Å². The summed E-state index contributed by atoms with van der Waals surface area (Å²) in [4.78, 5) is 8.75. The number of benzene rings is 1. The molecule has 0 bridgehead atoms. The van der Waals surface area contributed by atoms with Crippen LogP contribution in [-0.4, -0.2) is 9.97 Å². The van der Waals surface area contributed by atoms with E-state index in [-0.39, 0.29) is 5.41 Å². The first-order valence-electron chi connectivity index (χ1n) is 5.26. The Balaban J connectivity index is 2.48. The van der Waals surface area contributed by atoms with E-state index in [1.807, 2.05) is 18.2 Å². The number of hydrogen-bond acceptors (Lipinski definition) is 2. The van der Waals surface area contributed by atoms with E-state index in [2.05, 4.69) is 58.5 Å². The van der Waals surface area contributed by atoms with Gasteiger partial charge < -0.3 is 0 Å². The van der Waals surface area contributed by atoms with Gasteiger partial charge in [0.25, 0.3) is 0 Å². The minimum absolute atomic E-state index is 0.241. The molecule has 0 saturated carbocycles. The molecule has 0 aliphatic heterocycles. The van der Waals surface area contributed by atoms with Crippen molar-refractivity contribution in [1.29, 1.82) is 0 Å². The van der Waals surface area contributed by atoms with Crippen LogP contribution in [0, 0.1) is 3.57 Å². The lowest BCUT2D eigenvalue weighted by Crippen LogP contribution is -2.22. The van der Waals surface area contributed by atoms with Crippen molar-refractivity contribution in [2.24, 2.45) is 0 Å². The number of rotatable bonds is 2. The zero-order chi connectivity index (χ0) is 12.5. The summed E-state index contributed by atoms with van der Waals surface area (Å²) in [5.41, 5.74) is 0.937. The molecule has 1 aromatic heterocycles. The summed E-state index contributed by atoms with van der Waals surface area (Å²) < 4.78 is 0.872. The number of nitrogens with zero attached hydrogens (tertiary/aromatic N) is 2. The molecule has 0 atom stereocenters. The van der Waals surface area contributed by atoms with Gasteiger partial charge in [-0.2, -0.15) is 0 Å². The van der Waals surface area contributed by atoms with E-state index in [0.29, 0.717) is 5.15 Å². The van der Waals surface area contributed by atoms with Crippen LogP contribution in [0.4, 0.5) is 0 Å². The molecule has 0 saturated heterocycles. The van der Waals surface area contributed by atoms with Crippen molar-refractivity contribution >= 4 is 34.2 Å². The van der Waals surface area contributed by atoms with Crippen molar-refractivity contribution in [3.05, 3.63) is 56.6 Å². The summed E-state index contributed by atoms with van der Waals surface area (Å²) in [6, 6.07) is 10.2. The number of halogens is 2. The maximum atomic E-state index is 6.05. The van der Waals surface area contributed by atoms with Crippen molar-refractivity contribution in [2.75, 3.05) is 0 Å². The van der Waals surface area contributed by atoms with Crippen molar-refractivity contribution in [3.8, 4) is 0 Å². The molecule has 88 valence electrons. The van der Waals surface area contributed by atoms with Gasteiger partial charge in [-0.25, -0.2) is 9.97 Å². The lowest BCUT2D eigenvalue weighted by Gasteiger charge is -2.23. The summed E-state index contributed by atoms with van der Waals surface area (Å²) in [5, 5.41) is 0.514. The van der Waals surface area contributed by atoms with Crippen molar-refractivity contribution in [3.63, 3.8) is 0 Å². The van der Waals surface area contributed by atoms with Gasteiger partial charge >= 0.3 is 0 Å². The molecule has 17 heavy (non-hydrogen) atoms. The van der Waals surface area contributed by atoms with Gasteiger partial charge in [-0.3, -0.25) is 0 Å². The molecule has 0 spiro atoms. The molecule has 1 aromatic carbocycles. The topological polar surface area (TPSA) is 25.8 Å². The molecule has 2 aromatic rings. The van der Waals surface area contributed by atoms with Crippen LogP contribution in [0.3, 0.4) is 0 Å². The van der Waals surface area contributed by atoms with Gasteiger partial charge in [0.15, 0.2) is 0 Å². The Labute approximate surface area is 120 Å². The van der Waals surface area contributed by atoms with Gasteiger partial charge in [0.2, 0.25) is 0 Å². The van der Waals surface area contributed by atoms with Crippen LogP contribution in [0.5, 0.6) is 0 Å². The minimum Gasteiger partial charge on any atom is -0.239 e. The molecular formula is C13H12ClIN2. The first-order chi connectivity index (χ1) is 8.01. The van der Waals surface area contributed by atoms with Crippen LogP contribution >= 0.6 is 34.2 Å². The standard InChI is InChI=1S/C13H12ClIN2/c1-13(2,9-6-4-3-5-7-9)12-16-8-10(15)11(14)17-12/h3-8H,1-2H3. The van der Waals surface area contributed by atoms with E-state index in [9.17, 15) is 0 Å². The van der Waals surface area contributed by atoms with Gasteiger partial charge in [-0.1, -0.05) is 41.9 Å². The molecule has 0 radical (unpaired) electrons. The van der Waals surface area contributed by atoms with E-state index in [1.165, 1.54) is 5.56 Å². The van der Waals surface area contributed by atoms with E-state index < -0.39 is 0 Å². The Kier molecular flexibility index (Phi) is 3.68. The molecule has 0 amide bonds. The molecule has 0 aliphatic rings. The van der Waals surface area contributed by atoms with Crippen LogP contribution in [0.15, 0.2) is 36.5 Å². The van der Waals surface area contributed by atoms with Crippen molar-refractivity contribution in [2.45, 2.75) is 19.3 Å². The van der Waals surface area contributed by atoms with Crippen LogP contribution < -0.4 is 0 Å². The Morgan fingerprint density at radius 3 is 2.41 bits per heavy atom. The first kappa shape index (κ1) is 12.8. The lowest BCUT2D eigenvalue weighted by atomic mass is 9.84. The Hall–Kier alpha value is -0.680. The highest BCUT2D eigenvalue weighted by atomic mass is 127. The zero-order valence-corrected chi connectivity index (χ0v) is 12.5. The summed E-state index contributed by atoms with van der Waals surface area (Å²) in [5.74, 6) is 0.745. The molecule has 0 fully saturated rings. The van der Waals surface area contributed by atoms with E-state index in [0.717, 1.165) is 9.39 Å². The van der Waals surface area contributed by atoms with Crippen molar-refractivity contribution in [1.82, 2.24) is 9.97 Å². The fourth-order valence-corrected chi connectivity index (χ4v) is 2.02. The van der Waals surface area contributed by atoms with Crippen molar-refractivity contribution < 1.29 is 0 Å². The van der Waals surface area contributed by atoms with Crippen LogP contribution in [0.2, 0.25) is 5.15 Å². The second-order valence-corrected chi connectivity index (χ2v) is 5.84. The summed E-state index contributed by atoms with van der Waals surface area (Å²) >= 11 is 8.18. The lowest BCUT2D eigenvalue weighted by molar-refractivity contribution is 0.589. The third kappa shape index (κ3) is 2.60. The fourth-order valence-electron chi connectivity index (χ4n) is 1.63. The zero-order valence-electron chi connectivity index (χ0n) is 9.61. The normalized spacial score (nSPS) is 11.5. The third-order valence-electron chi connectivity index (χ3n) is 2.76. The van der Waals surface area contributed by atoms with Crippen LogP contribution in [0.25, 0.3) is 0 Å². The van der Waals surface area contributed by atoms with Gasteiger partial charge in [0, 0.05) is 11.6 Å². The summed E-state index contributed by atoms with van der Waals surface area (Å²) in [6.45, 7) is 4.20. The van der Waals surface area contributed by atoms with E-state index in [1.54, 1.807) is 6.20 Å². The third-order valence-corrected chi connectivity index (χ3v) is 4.15. The smallest absolute Gasteiger partial charge is 0.146 e. The molecular weight excluding hydrogens is 347 g/mol. The molecule has 0 aliphatic carbocycles. The highest BCUT2D eigenvalue weighted by Gasteiger charge is 2.26. The van der Waals surface area contributed by atoms with Crippen LogP contribution in [0.1, 0.15) is 25.2 Å². The quantitative estimate of drug-likeness (QED) is 0.597. The maximum absolute atomic E-state index is 6.05. The second kappa shape index (κ2) is 4.90. The number of hydrogen-bond donors (Lipinski definition) is 0. The SMILES string of the molecule is CC(C)(c1ccccc1)c1ncc(I)c(Cl)n1. The molecule has 2 rings (SSSR count). The molecule has 0 N–H and O–H groups in total.